The van der Waals surface area contributed by atoms with Gasteiger partial charge in [-0.15, -0.1) is 0 Å². The summed E-state index contributed by atoms with van der Waals surface area (Å²) in [7, 11) is 0. The van der Waals surface area contributed by atoms with E-state index in [1.807, 2.05) is 13.8 Å². The topological polar surface area (TPSA) is 112 Å². The molecule has 0 aromatic rings. The average Bonchev–Trinajstić information content (AvgIpc) is 3.57. The Morgan fingerprint density at radius 2 is 1.63 bits per heavy atom. The molecule has 2 aliphatic heterocycles. The maximum Gasteiger partial charge on any atom is 0.170 e. The number of morpholine rings is 1. The van der Waals surface area contributed by atoms with Crippen LogP contribution in [-0.2, 0) is 14.2 Å². The van der Waals surface area contributed by atoms with Crippen molar-refractivity contribution in [1.29, 1.82) is 0 Å². The fourth-order valence-electron chi connectivity index (χ4n) is 13.8. The molecular weight excluding hydrogens is 582 g/mol. The summed E-state index contributed by atoms with van der Waals surface area (Å²) in [6, 6.07) is 0. The van der Waals surface area contributed by atoms with Gasteiger partial charge in [-0.2, -0.15) is 0 Å². The highest BCUT2D eigenvalue weighted by Gasteiger charge is 2.84. The Morgan fingerprint density at radius 1 is 0.957 bits per heavy atom. The summed E-state index contributed by atoms with van der Waals surface area (Å²) in [5, 5.41) is 44.5. The van der Waals surface area contributed by atoms with Crippen molar-refractivity contribution in [2.24, 2.45) is 50.7 Å². The van der Waals surface area contributed by atoms with Crippen molar-refractivity contribution in [3.63, 3.8) is 0 Å². The first-order chi connectivity index (χ1) is 21.2. The average molecular weight is 648 g/mol. The van der Waals surface area contributed by atoms with Gasteiger partial charge in [0, 0.05) is 25.0 Å². The third-order valence-corrected chi connectivity index (χ3v) is 15.9. The van der Waals surface area contributed by atoms with Crippen LogP contribution in [0.15, 0.2) is 0 Å². The van der Waals surface area contributed by atoms with E-state index in [2.05, 4.69) is 39.5 Å². The van der Waals surface area contributed by atoms with Crippen molar-refractivity contribution in [3.05, 3.63) is 0 Å². The number of β-amino-alcohol motifs (C(OH)–C–C–N with tert-alkyl or cyclic N) is 1. The van der Waals surface area contributed by atoms with Crippen LogP contribution in [-0.4, -0.2) is 99.6 Å². The lowest BCUT2D eigenvalue weighted by atomic mass is 9.41. The van der Waals surface area contributed by atoms with Gasteiger partial charge in [-0.05, 0) is 124 Å². The number of ether oxygens (including phenoxy) is 3. The van der Waals surface area contributed by atoms with Gasteiger partial charge in [-0.3, -0.25) is 4.90 Å². The normalized spacial score (nSPS) is 52.5. The number of aliphatic hydroxyl groups excluding tert-OH is 2. The van der Waals surface area contributed by atoms with Gasteiger partial charge < -0.3 is 34.6 Å². The molecule has 7 aliphatic rings. The predicted octanol–water partition coefficient (Wildman–Crippen LogP) is 4.75. The summed E-state index contributed by atoms with van der Waals surface area (Å²) in [5.41, 5.74) is -1.68. The minimum Gasteiger partial charge on any atom is -0.390 e. The second kappa shape index (κ2) is 10.6. The maximum atomic E-state index is 12.4. The molecule has 5 saturated carbocycles. The highest BCUT2D eigenvalue weighted by atomic mass is 16.7. The second-order valence-electron chi connectivity index (χ2n) is 19.6. The van der Waals surface area contributed by atoms with Crippen molar-refractivity contribution >= 4 is 0 Å². The van der Waals surface area contributed by atoms with Crippen LogP contribution in [0.5, 0.6) is 0 Å². The van der Waals surface area contributed by atoms with Crippen molar-refractivity contribution in [2.75, 3.05) is 26.2 Å². The molecule has 14 atom stereocenters. The summed E-state index contributed by atoms with van der Waals surface area (Å²) < 4.78 is 19.7. The lowest BCUT2D eigenvalue weighted by Gasteiger charge is -2.64. The lowest BCUT2D eigenvalue weighted by Crippen LogP contribution is -2.60. The first kappa shape index (κ1) is 34.1. The van der Waals surface area contributed by atoms with E-state index in [1.54, 1.807) is 13.8 Å². The molecular formula is C38H65NO7. The van der Waals surface area contributed by atoms with Gasteiger partial charge in [0.15, 0.2) is 6.29 Å². The molecule has 46 heavy (non-hydrogen) atoms. The summed E-state index contributed by atoms with van der Waals surface area (Å²) >= 11 is 0. The quantitative estimate of drug-likeness (QED) is 0.327. The van der Waals surface area contributed by atoms with Crippen molar-refractivity contribution in [1.82, 2.24) is 4.90 Å². The minimum atomic E-state index is -1.25. The van der Waals surface area contributed by atoms with E-state index in [1.165, 1.54) is 25.7 Å². The molecule has 0 aromatic heterocycles. The van der Waals surface area contributed by atoms with E-state index in [-0.39, 0.29) is 46.1 Å². The lowest BCUT2D eigenvalue weighted by molar-refractivity contribution is -0.250. The smallest absolute Gasteiger partial charge is 0.170 e. The maximum absolute atomic E-state index is 12.4. The van der Waals surface area contributed by atoms with E-state index in [4.69, 9.17) is 14.2 Å². The number of nitrogens with zero attached hydrogens (tertiary/aromatic N) is 1. The molecule has 8 heteroatoms. The number of aliphatic hydroxyl groups is 4. The zero-order valence-electron chi connectivity index (χ0n) is 30.2. The zero-order chi connectivity index (χ0) is 33.5. The second-order valence-corrected chi connectivity index (χ2v) is 19.6. The van der Waals surface area contributed by atoms with Crippen molar-refractivity contribution in [2.45, 2.75) is 162 Å². The van der Waals surface area contributed by atoms with E-state index >= 15 is 0 Å². The van der Waals surface area contributed by atoms with Crippen LogP contribution >= 0.6 is 0 Å². The molecule has 7 fully saturated rings. The fraction of sp³-hybridized carbons (Fsp3) is 1.00. The van der Waals surface area contributed by atoms with Crippen LogP contribution in [0.25, 0.3) is 0 Å². The SMILES string of the molecule is C[C@@H]1CC(C(O)C(C)(C)O)OC2C1C1(C)CCC34CC35CCC(OC3CN(CC(C)(C)O)CCO3)C(C)(C)[C@@H]5CCC4[C@]1(C)[C@H]2O. The fourth-order valence-corrected chi connectivity index (χ4v) is 13.8. The molecule has 0 radical (unpaired) electrons. The van der Waals surface area contributed by atoms with Crippen LogP contribution in [0.2, 0.25) is 0 Å². The molecule has 10 unspecified atom stereocenters. The van der Waals surface area contributed by atoms with Gasteiger partial charge in [0.05, 0.1) is 42.2 Å². The number of fused-ring (bicyclic) bond motifs is 4. The Kier molecular flexibility index (Phi) is 7.87. The molecule has 0 aromatic carbocycles. The third kappa shape index (κ3) is 4.66. The first-order valence-corrected chi connectivity index (χ1v) is 18.7. The van der Waals surface area contributed by atoms with Gasteiger partial charge >= 0.3 is 0 Å². The molecule has 2 heterocycles. The number of rotatable bonds is 6. The van der Waals surface area contributed by atoms with Crippen LogP contribution in [0.4, 0.5) is 0 Å². The standard InChI is InChI=1S/C38H65NO7/c1-22-18-23(30(40)34(6,7)43)45-29-28(22)35(8)14-15-38-20-37(38)13-12-26(46-27-19-39(16-17-44-27)21-32(2,3)42)33(4,5)24(37)10-11-25(38)36(35,9)31(29)41/h22-31,40-43H,10-21H2,1-9H3/t22-,23?,24+,25?,26?,27?,28?,29?,30?,31+,35?,36-,37?,38?/m1/s1. The molecule has 4 N–H and O–H groups in total. The van der Waals surface area contributed by atoms with Crippen LogP contribution < -0.4 is 0 Å². The zero-order valence-corrected chi connectivity index (χ0v) is 30.2. The predicted molar refractivity (Wildman–Crippen MR) is 176 cm³/mol. The molecule has 0 bridgehead atoms. The molecule has 0 amide bonds. The summed E-state index contributed by atoms with van der Waals surface area (Å²) in [6.07, 6.45) is 6.40. The molecule has 2 saturated heterocycles. The van der Waals surface area contributed by atoms with Crippen LogP contribution in [0.1, 0.15) is 114 Å². The molecule has 8 nitrogen and oxygen atoms in total. The molecule has 264 valence electrons. The Bertz CT molecular complexity index is 1180. The van der Waals surface area contributed by atoms with E-state index < -0.39 is 29.5 Å². The molecule has 5 aliphatic carbocycles. The Balaban J connectivity index is 1.11. The van der Waals surface area contributed by atoms with Crippen molar-refractivity contribution in [3.8, 4) is 0 Å². The monoisotopic (exact) mass is 647 g/mol. The number of hydrogen-bond donors (Lipinski definition) is 4. The molecule has 7 rings (SSSR count). The molecule has 2 spiro atoms. The van der Waals surface area contributed by atoms with E-state index in [0.29, 0.717) is 49.3 Å². The third-order valence-electron chi connectivity index (χ3n) is 15.9. The Labute approximate surface area is 277 Å². The Hall–Kier alpha value is -0.320. The highest BCUT2D eigenvalue weighted by Crippen LogP contribution is 2.89. The van der Waals surface area contributed by atoms with Gasteiger partial charge in [0.25, 0.3) is 0 Å². The highest BCUT2D eigenvalue weighted by molar-refractivity contribution is 5.33. The summed E-state index contributed by atoms with van der Waals surface area (Å²) in [5.74, 6) is 1.58. The first-order valence-electron chi connectivity index (χ1n) is 18.7. The minimum absolute atomic E-state index is 0.0244. The van der Waals surface area contributed by atoms with Crippen LogP contribution in [0, 0.1) is 50.7 Å². The van der Waals surface area contributed by atoms with E-state index in [9.17, 15) is 20.4 Å². The van der Waals surface area contributed by atoms with Crippen molar-refractivity contribution < 1.29 is 34.6 Å². The van der Waals surface area contributed by atoms with Gasteiger partial charge in [-0.1, -0.05) is 34.6 Å². The van der Waals surface area contributed by atoms with Crippen LogP contribution in [0.3, 0.4) is 0 Å². The van der Waals surface area contributed by atoms with Gasteiger partial charge in [0.1, 0.15) is 6.10 Å². The van der Waals surface area contributed by atoms with Gasteiger partial charge in [-0.25, -0.2) is 0 Å². The Morgan fingerprint density at radius 3 is 2.30 bits per heavy atom. The van der Waals surface area contributed by atoms with E-state index in [0.717, 1.165) is 25.8 Å². The summed E-state index contributed by atoms with van der Waals surface area (Å²) in [6.45, 7) is 21.9. The summed E-state index contributed by atoms with van der Waals surface area (Å²) in [4.78, 5) is 2.27. The largest absolute Gasteiger partial charge is 0.390 e. The number of hydrogen-bond acceptors (Lipinski definition) is 8. The van der Waals surface area contributed by atoms with Gasteiger partial charge in [0.2, 0.25) is 0 Å².